The highest BCUT2D eigenvalue weighted by atomic mass is 19.1. The molecule has 96 valence electrons. The Bertz CT molecular complexity index is 564. The van der Waals surface area contributed by atoms with Gasteiger partial charge in [0.05, 0.1) is 6.61 Å². The topological polar surface area (TPSA) is 9.23 Å². The van der Waals surface area contributed by atoms with Gasteiger partial charge in [-0.25, -0.2) is 8.78 Å². The van der Waals surface area contributed by atoms with Crippen LogP contribution in [0.3, 0.4) is 0 Å². The van der Waals surface area contributed by atoms with Crippen LogP contribution in [0.2, 0.25) is 0 Å². The first kappa shape index (κ1) is 12.8. The van der Waals surface area contributed by atoms with Gasteiger partial charge in [0.15, 0.2) is 11.6 Å². The fraction of sp³-hybridized carbons (Fsp3) is 0.333. The second kappa shape index (κ2) is 5.34. The van der Waals surface area contributed by atoms with Crippen molar-refractivity contribution < 1.29 is 13.5 Å². The van der Waals surface area contributed by atoms with Crippen LogP contribution >= 0.6 is 0 Å². The first-order chi connectivity index (χ1) is 8.63. The zero-order valence-corrected chi connectivity index (χ0v) is 10.6. The quantitative estimate of drug-likeness (QED) is 0.720. The summed E-state index contributed by atoms with van der Waals surface area (Å²) in [5.74, 6) is -0.929. The van der Waals surface area contributed by atoms with Gasteiger partial charge in [0.1, 0.15) is 5.82 Å². The van der Waals surface area contributed by atoms with E-state index in [1.807, 2.05) is 13.8 Å². The first-order valence-corrected chi connectivity index (χ1v) is 6.14. The summed E-state index contributed by atoms with van der Waals surface area (Å²) in [7, 11) is 0. The molecule has 18 heavy (non-hydrogen) atoms. The molecule has 2 rings (SSSR count). The minimum Gasteiger partial charge on any atom is -0.490 e. The summed E-state index contributed by atoms with van der Waals surface area (Å²) < 4.78 is 33.3. The molecule has 2 aromatic rings. The van der Waals surface area contributed by atoms with Gasteiger partial charge in [-0.2, -0.15) is 0 Å². The molecule has 1 nitrogen and oxygen atoms in total. The highest BCUT2D eigenvalue weighted by Gasteiger charge is 2.13. The molecule has 0 bridgehead atoms. The molecule has 0 aliphatic heterocycles. The van der Waals surface area contributed by atoms with Gasteiger partial charge in [-0.15, -0.1) is 0 Å². The molecule has 0 aliphatic rings. The summed E-state index contributed by atoms with van der Waals surface area (Å²) in [6, 6.07) is 6.13. The van der Waals surface area contributed by atoms with Crippen molar-refractivity contribution in [2.75, 3.05) is 6.61 Å². The summed E-state index contributed by atoms with van der Waals surface area (Å²) in [5, 5.41) is 0.572. The monoisotopic (exact) mass is 250 g/mol. The molecule has 0 radical (unpaired) electrons. The van der Waals surface area contributed by atoms with Gasteiger partial charge in [0, 0.05) is 16.8 Å². The Morgan fingerprint density at radius 2 is 1.89 bits per heavy atom. The van der Waals surface area contributed by atoms with E-state index in [2.05, 4.69) is 0 Å². The van der Waals surface area contributed by atoms with Gasteiger partial charge >= 0.3 is 0 Å². The van der Waals surface area contributed by atoms with Crippen LogP contribution < -0.4 is 4.74 Å². The second-order valence-corrected chi connectivity index (χ2v) is 4.42. The third-order valence-electron chi connectivity index (χ3n) is 2.90. The molecular weight excluding hydrogens is 234 g/mol. The van der Waals surface area contributed by atoms with Crippen molar-refractivity contribution in [2.24, 2.45) is 0 Å². The largest absolute Gasteiger partial charge is 0.490 e. The minimum absolute atomic E-state index is 0.00250. The molecule has 0 saturated carbocycles. The van der Waals surface area contributed by atoms with Gasteiger partial charge in [0.2, 0.25) is 0 Å². The van der Waals surface area contributed by atoms with Gasteiger partial charge in [0.25, 0.3) is 0 Å². The van der Waals surface area contributed by atoms with E-state index in [0.717, 1.165) is 24.5 Å². The first-order valence-electron chi connectivity index (χ1n) is 6.14. The van der Waals surface area contributed by atoms with Gasteiger partial charge in [-0.1, -0.05) is 31.0 Å². The van der Waals surface area contributed by atoms with E-state index < -0.39 is 11.6 Å². The Morgan fingerprint density at radius 3 is 2.61 bits per heavy atom. The molecule has 0 amide bonds. The van der Waals surface area contributed by atoms with Gasteiger partial charge in [-0.3, -0.25) is 0 Å². The number of unbranched alkanes of at least 4 members (excludes halogenated alkanes) is 1. The molecule has 0 N–H and O–H groups in total. The smallest absolute Gasteiger partial charge is 0.173 e. The molecule has 0 fully saturated rings. The van der Waals surface area contributed by atoms with Crippen LogP contribution in [0.4, 0.5) is 8.78 Å². The van der Waals surface area contributed by atoms with Crippen LogP contribution in [0.25, 0.3) is 10.8 Å². The number of hydrogen-bond donors (Lipinski definition) is 0. The third kappa shape index (κ3) is 2.45. The molecule has 2 aromatic carbocycles. The van der Waals surface area contributed by atoms with Gasteiger partial charge < -0.3 is 4.74 Å². The van der Waals surface area contributed by atoms with Crippen LogP contribution in [0.15, 0.2) is 24.3 Å². The lowest BCUT2D eigenvalue weighted by Crippen LogP contribution is -2.00. The van der Waals surface area contributed by atoms with Crippen LogP contribution in [0, 0.1) is 18.6 Å². The summed E-state index contributed by atoms with van der Waals surface area (Å²) in [6.07, 6.45) is 1.78. The normalized spacial score (nSPS) is 10.9. The highest BCUT2D eigenvalue weighted by molar-refractivity contribution is 5.85. The molecule has 0 atom stereocenters. The van der Waals surface area contributed by atoms with Crippen molar-refractivity contribution >= 4 is 10.8 Å². The Morgan fingerprint density at radius 1 is 1.11 bits per heavy atom. The molecule has 3 heteroatoms. The lowest BCUT2D eigenvalue weighted by Gasteiger charge is -2.10. The molecule has 0 heterocycles. The molecule has 0 saturated heterocycles. The van der Waals surface area contributed by atoms with Crippen molar-refractivity contribution in [2.45, 2.75) is 26.7 Å². The van der Waals surface area contributed by atoms with Crippen molar-refractivity contribution in [3.05, 3.63) is 41.5 Å². The van der Waals surface area contributed by atoms with Crippen LogP contribution in [0.1, 0.15) is 25.3 Å². The third-order valence-corrected chi connectivity index (χ3v) is 2.90. The lowest BCUT2D eigenvalue weighted by molar-refractivity contribution is 0.294. The van der Waals surface area contributed by atoms with Crippen molar-refractivity contribution in [1.82, 2.24) is 0 Å². The zero-order chi connectivity index (χ0) is 13.1. The van der Waals surface area contributed by atoms with Crippen molar-refractivity contribution in [3.8, 4) is 5.75 Å². The van der Waals surface area contributed by atoms with Crippen LogP contribution in [-0.4, -0.2) is 6.61 Å². The van der Waals surface area contributed by atoms with E-state index in [1.165, 1.54) is 0 Å². The highest BCUT2D eigenvalue weighted by Crippen LogP contribution is 2.29. The average Bonchev–Trinajstić information content (AvgIpc) is 2.35. The Balaban J connectivity index is 2.44. The van der Waals surface area contributed by atoms with Crippen LogP contribution in [-0.2, 0) is 0 Å². The number of benzene rings is 2. The fourth-order valence-corrected chi connectivity index (χ4v) is 1.87. The molecule has 0 unspecified atom stereocenters. The summed E-state index contributed by atoms with van der Waals surface area (Å²) >= 11 is 0. The predicted molar refractivity (Wildman–Crippen MR) is 69.0 cm³/mol. The predicted octanol–water partition coefficient (Wildman–Crippen LogP) is 4.61. The number of hydrogen-bond acceptors (Lipinski definition) is 1. The van der Waals surface area contributed by atoms with E-state index in [-0.39, 0.29) is 11.1 Å². The summed E-state index contributed by atoms with van der Waals surface area (Å²) in [6.45, 7) is 4.27. The van der Waals surface area contributed by atoms with E-state index >= 15 is 0 Å². The SMILES string of the molecule is CCCCOc1cc(F)c2cc(C)ccc2c1F. The Hall–Kier alpha value is -1.64. The fourth-order valence-electron chi connectivity index (χ4n) is 1.87. The Kier molecular flexibility index (Phi) is 3.80. The number of ether oxygens (including phenoxy) is 1. The maximum absolute atomic E-state index is 14.1. The number of fused-ring (bicyclic) bond motifs is 1. The van der Waals surface area contributed by atoms with Crippen molar-refractivity contribution in [1.29, 1.82) is 0 Å². The lowest BCUT2D eigenvalue weighted by atomic mass is 10.1. The average molecular weight is 250 g/mol. The number of rotatable bonds is 4. The summed E-state index contributed by atoms with van der Waals surface area (Å²) in [5.41, 5.74) is 0.903. The molecule has 0 aromatic heterocycles. The molecule has 0 spiro atoms. The van der Waals surface area contributed by atoms with Gasteiger partial charge in [-0.05, 0) is 19.4 Å². The maximum Gasteiger partial charge on any atom is 0.173 e. The standard InChI is InChI=1S/C15H16F2O/c1-3-4-7-18-14-9-13(16)12-8-10(2)5-6-11(12)15(14)17/h5-6,8-9H,3-4,7H2,1-2H3. The molecular formula is C15H16F2O. The zero-order valence-electron chi connectivity index (χ0n) is 10.6. The number of aryl methyl sites for hydroxylation is 1. The van der Waals surface area contributed by atoms with E-state index in [9.17, 15) is 8.78 Å². The van der Waals surface area contributed by atoms with Crippen LogP contribution in [0.5, 0.6) is 5.75 Å². The van der Waals surface area contributed by atoms with E-state index in [4.69, 9.17) is 4.74 Å². The van der Waals surface area contributed by atoms with E-state index in [0.29, 0.717) is 12.0 Å². The summed E-state index contributed by atoms with van der Waals surface area (Å²) in [4.78, 5) is 0. The van der Waals surface area contributed by atoms with E-state index in [1.54, 1.807) is 18.2 Å². The molecule has 0 aliphatic carbocycles. The minimum atomic E-state index is -0.484. The number of halogens is 2. The Labute approximate surface area is 105 Å². The second-order valence-electron chi connectivity index (χ2n) is 4.42. The van der Waals surface area contributed by atoms with Crippen molar-refractivity contribution in [3.63, 3.8) is 0 Å². The maximum atomic E-state index is 14.1.